The Balaban J connectivity index is 1.50. The molecule has 0 aliphatic carbocycles. The van der Waals surface area contributed by atoms with Crippen molar-refractivity contribution in [3.63, 3.8) is 0 Å². The van der Waals surface area contributed by atoms with Crippen molar-refractivity contribution in [1.82, 2.24) is 9.88 Å². The molecule has 1 aliphatic rings. The van der Waals surface area contributed by atoms with Crippen LogP contribution in [-0.4, -0.2) is 49.1 Å². The Morgan fingerprint density at radius 2 is 1.94 bits per heavy atom. The van der Waals surface area contributed by atoms with Crippen LogP contribution in [0.4, 0.5) is 15.8 Å². The van der Waals surface area contributed by atoms with Crippen molar-refractivity contribution in [3.05, 3.63) is 83.3 Å². The number of hydrogen-bond acceptors (Lipinski definition) is 6. The van der Waals surface area contributed by atoms with Gasteiger partial charge in [0.25, 0.3) is 5.91 Å². The normalized spacial score (nSPS) is 13.9. The van der Waals surface area contributed by atoms with E-state index in [1.54, 1.807) is 36.5 Å². The summed E-state index contributed by atoms with van der Waals surface area (Å²) in [5, 5.41) is 12.3. The third-order valence-corrected chi connectivity index (χ3v) is 5.65. The minimum atomic E-state index is -0.366. The van der Waals surface area contributed by atoms with Gasteiger partial charge in [-0.25, -0.2) is 9.37 Å². The lowest BCUT2D eigenvalue weighted by Gasteiger charge is -2.37. The van der Waals surface area contributed by atoms with Crippen LogP contribution in [0.2, 0.25) is 0 Å². The van der Waals surface area contributed by atoms with Crippen LogP contribution in [0.1, 0.15) is 21.5 Å². The summed E-state index contributed by atoms with van der Waals surface area (Å²) in [5.74, 6) is -0.327. The molecule has 0 atom stereocenters. The van der Waals surface area contributed by atoms with Crippen LogP contribution in [0.25, 0.3) is 0 Å². The Morgan fingerprint density at radius 3 is 2.67 bits per heavy atom. The van der Waals surface area contributed by atoms with Gasteiger partial charge in [-0.2, -0.15) is 5.26 Å². The number of amides is 1. The highest BCUT2D eigenvalue weighted by Gasteiger charge is 2.22. The van der Waals surface area contributed by atoms with Gasteiger partial charge >= 0.3 is 0 Å². The first-order valence-corrected chi connectivity index (χ1v) is 10.6. The lowest BCUT2D eigenvalue weighted by atomic mass is 10.1. The van der Waals surface area contributed by atoms with Gasteiger partial charge in [0, 0.05) is 44.5 Å². The second-order valence-corrected chi connectivity index (χ2v) is 7.71. The molecule has 1 N–H and O–H groups in total. The molecular weight excluding hydrogens is 421 g/mol. The van der Waals surface area contributed by atoms with Gasteiger partial charge in [-0.05, 0) is 36.4 Å². The molecule has 2 heterocycles. The van der Waals surface area contributed by atoms with E-state index in [4.69, 9.17) is 4.74 Å². The monoisotopic (exact) mass is 445 g/mol. The Morgan fingerprint density at radius 1 is 1.15 bits per heavy atom. The first-order chi connectivity index (χ1) is 16.1. The Kier molecular flexibility index (Phi) is 6.81. The van der Waals surface area contributed by atoms with Crippen molar-refractivity contribution in [1.29, 1.82) is 5.26 Å². The van der Waals surface area contributed by atoms with Crippen LogP contribution in [0.5, 0.6) is 5.88 Å². The number of ether oxygens (including phenoxy) is 1. The summed E-state index contributed by atoms with van der Waals surface area (Å²) in [6, 6.07) is 17.5. The highest BCUT2D eigenvalue weighted by Crippen LogP contribution is 2.29. The van der Waals surface area contributed by atoms with Crippen LogP contribution in [0.3, 0.4) is 0 Å². The van der Waals surface area contributed by atoms with Crippen LogP contribution in [0, 0.1) is 17.1 Å². The second kappa shape index (κ2) is 10.1. The van der Waals surface area contributed by atoms with E-state index in [-0.39, 0.29) is 17.6 Å². The Hall–Kier alpha value is -3.96. The molecule has 0 saturated carbocycles. The molecular formula is C25H24FN5O2. The molecule has 4 rings (SSSR count). The van der Waals surface area contributed by atoms with E-state index in [1.165, 1.54) is 13.2 Å². The number of piperazine rings is 1. The molecule has 0 spiro atoms. The summed E-state index contributed by atoms with van der Waals surface area (Å²) in [5.41, 5.74) is 2.82. The average molecular weight is 445 g/mol. The van der Waals surface area contributed by atoms with Gasteiger partial charge < -0.3 is 15.0 Å². The predicted molar refractivity (Wildman–Crippen MR) is 124 cm³/mol. The van der Waals surface area contributed by atoms with Crippen LogP contribution in [-0.2, 0) is 6.54 Å². The molecule has 3 aromatic rings. The molecule has 8 heteroatoms. The molecule has 1 amide bonds. The Bertz CT molecular complexity index is 1190. The fourth-order valence-electron chi connectivity index (χ4n) is 3.91. The number of nitrogens with zero attached hydrogens (tertiary/aromatic N) is 4. The second-order valence-electron chi connectivity index (χ2n) is 7.71. The highest BCUT2D eigenvalue weighted by atomic mass is 19.1. The summed E-state index contributed by atoms with van der Waals surface area (Å²) in [4.78, 5) is 21.4. The van der Waals surface area contributed by atoms with Crippen LogP contribution >= 0.6 is 0 Å². The summed E-state index contributed by atoms with van der Waals surface area (Å²) in [7, 11) is 1.46. The quantitative estimate of drug-likeness (QED) is 0.624. The molecule has 1 fully saturated rings. The van der Waals surface area contributed by atoms with Crippen LogP contribution in [0.15, 0.2) is 60.8 Å². The molecule has 0 unspecified atom stereocenters. The van der Waals surface area contributed by atoms with Crippen molar-refractivity contribution in [3.8, 4) is 11.9 Å². The van der Waals surface area contributed by atoms with E-state index in [9.17, 15) is 14.4 Å². The third-order valence-electron chi connectivity index (χ3n) is 5.65. The maximum Gasteiger partial charge on any atom is 0.261 e. The van der Waals surface area contributed by atoms with Crippen molar-refractivity contribution < 1.29 is 13.9 Å². The topological polar surface area (TPSA) is 81.5 Å². The van der Waals surface area contributed by atoms with Crippen molar-refractivity contribution >= 4 is 17.3 Å². The lowest BCUT2D eigenvalue weighted by molar-refractivity contribution is 0.102. The predicted octanol–water partition coefficient (Wildman–Crippen LogP) is 3.68. The molecule has 1 saturated heterocycles. The van der Waals surface area contributed by atoms with Gasteiger partial charge in [0.2, 0.25) is 5.88 Å². The maximum absolute atomic E-state index is 14.0. The summed E-state index contributed by atoms with van der Waals surface area (Å²) >= 11 is 0. The van der Waals surface area contributed by atoms with Gasteiger partial charge in [0.15, 0.2) is 0 Å². The number of benzene rings is 2. The number of nitrogens with one attached hydrogen (secondary N) is 1. The number of rotatable bonds is 6. The maximum atomic E-state index is 14.0. The molecule has 7 nitrogen and oxygen atoms in total. The van der Waals surface area contributed by atoms with Gasteiger partial charge in [0.1, 0.15) is 11.4 Å². The third kappa shape index (κ3) is 5.10. The summed E-state index contributed by atoms with van der Waals surface area (Å²) in [6.45, 7) is 3.47. The molecule has 1 aromatic heterocycles. The SMILES string of the molecule is COc1ncccc1C(=O)Nc1cc(C#N)ccc1N1CCN(Cc2ccccc2F)CC1. The molecule has 2 aromatic carbocycles. The van der Waals surface area contributed by atoms with E-state index >= 15 is 0 Å². The van der Waals surface area contributed by atoms with Gasteiger partial charge in [-0.3, -0.25) is 9.69 Å². The minimum Gasteiger partial charge on any atom is -0.480 e. The number of carbonyl (C=O) groups is 1. The minimum absolute atomic E-state index is 0.192. The van der Waals surface area contributed by atoms with E-state index in [0.29, 0.717) is 42.0 Å². The van der Waals surface area contributed by atoms with Gasteiger partial charge in [-0.15, -0.1) is 0 Å². The zero-order valence-corrected chi connectivity index (χ0v) is 18.3. The van der Waals surface area contributed by atoms with Crippen LogP contribution < -0.4 is 15.0 Å². The standard InChI is InChI=1S/C25H24FN5O2/c1-33-25-20(6-4-10-28-25)24(32)29-22-15-18(16-27)8-9-23(22)31-13-11-30(12-14-31)17-19-5-2-3-7-21(19)26/h2-10,15H,11-14,17H2,1H3,(H,29,32). The van der Waals surface area contributed by atoms with Crippen molar-refractivity contribution in [2.75, 3.05) is 43.5 Å². The number of methoxy groups -OCH3 is 1. The average Bonchev–Trinajstić information content (AvgIpc) is 2.86. The number of aromatic nitrogens is 1. The summed E-state index contributed by atoms with van der Waals surface area (Å²) < 4.78 is 19.2. The molecule has 0 bridgehead atoms. The van der Waals surface area contributed by atoms with Crippen molar-refractivity contribution in [2.24, 2.45) is 0 Å². The zero-order valence-electron chi connectivity index (χ0n) is 18.3. The number of hydrogen-bond donors (Lipinski definition) is 1. The first-order valence-electron chi connectivity index (χ1n) is 10.6. The Labute approximate surface area is 192 Å². The first kappa shape index (κ1) is 22.2. The van der Waals surface area contributed by atoms with E-state index < -0.39 is 0 Å². The lowest BCUT2D eigenvalue weighted by Crippen LogP contribution is -2.46. The smallest absolute Gasteiger partial charge is 0.261 e. The number of nitriles is 1. The molecule has 0 radical (unpaired) electrons. The fraction of sp³-hybridized carbons (Fsp3) is 0.240. The van der Waals surface area contributed by atoms with E-state index in [0.717, 1.165) is 18.8 Å². The number of carbonyl (C=O) groups excluding carboxylic acids is 1. The van der Waals surface area contributed by atoms with Gasteiger partial charge in [-0.1, -0.05) is 18.2 Å². The van der Waals surface area contributed by atoms with Gasteiger partial charge in [0.05, 0.1) is 30.1 Å². The molecule has 168 valence electrons. The summed E-state index contributed by atoms with van der Waals surface area (Å²) in [6.07, 6.45) is 1.55. The zero-order chi connectivity index (χ0) is 23.2. The number of halogens is 1. The fourth-order valence-corrected chi connectivity index (χ4v) is 3.91. The van der Waals surface area contributed by atoms with E-state index in [2.05, 4.69) is 26.2 Å². The molecule has 33 heavy (non-hydrogen) atoms. The molecule has 1 aliphatic heterocycles. The van der Waals surface area contributed by atoms with E-state index in [1.807, 2.05) is 18.2 Å². The number of pyridine rings is 1. The highest BCUT2D eigenvalue weighted by molar-refractivity contribution is 6.07. The number of anilines is 2. The van der Waals surface area contributed by atoms with Crippen molar-refractivity contribution in [2.45, 2.75) is 6.54 Å². The largest absolute Gasteiger partial charge is 0.480 e.